The van der Waals surface area contributed by atoms with Gasteiger partial charge in [-0.1, -0.05) is 51.1 Å². The van der Waals surface area contributed by atoms with E-state index in [4.69, 9.17) is 0 Å². The third-order valence-corrected chi connectivity index (χ3v) is 8.76. The highest BCUT2D eigenvalue weighted by Gasteiger charge is 2.28. The zero-order valence-electron chi connectivity index (χ0n) is 19.7. The molecule has 2 aromatic carbocycles. The smallest absolute Gasteiger partial charge is 0.243 e. The van der Waals surface area contributed by atoms with Gasteiger partial charge in [0.15, 0.2) is 0 Å². The van der Waals surface area contributed by atoms with Crippen molar-refractivity contribution in [1.82, 2.24) is 14.2 Å². The van der Waals surface area contributed by atoms with E-state index in [-0.39, 0.29) is 11.2 Å². The first-order valence-electron chi connectivity index (χ1n) is 11.6. The van der Waals surface area contributed by atoms with Gasteiger partial charge in [0.05, 0.1) is 10.6 Å². The predicted octanol–water partition coefficient (Wildman–Crippen LogP) is 4.52. The Kier molecular flexibility index (Phi) is 6.75. The van der Waals surface area contributed by atoms with Crippen molar-refractivity contribution in [1.29, 1.82) is 0 Å². The van der Waals surface area contributed by atoms with E-state index in [9.17, 15) is 13.5 Å². The standard InChI is InChI=1S/C26H33N3O3S/c1-4-26(2,3)21-10-13-23(14-11-21)33(31,32)29-16-6-15-28(17-18-29)19-22-12-9-20-7-5-8-24(30)25(20)27-22/h5,7-14,30H,4,6,15-19H2,1-3H3. The van der Waals surface area contributed by atoms with E-state index < -0.39 is 10.0 Å². The van der Waals surface area contributed by atoms with Gasteiger partial charge < -0.3 is 5.11 Å². The van der Waals surface area contributed by atoms with Crippen LogP contribution in [0.25, 0.3) is 10.9 Å². The zero-order valence-corrected chi connectivity index (χ0v) is 20.5. The summed E-state index contributed by atoms with van der Waals surface area (Å²) < 4.78 is 28.2. The van der Waals surface area contributed by atoms with E-state index in [1.54, 1.807) is 28.6 Å². The van der Waals surface area contributed by atoms with Gasteiger partial charge in [0.2, 0.25) is 10.0 Å². The molecule has 0 saturated carbocycles. The van der Waals surface area contributed by atoms with Crippen molar-refractivity contribution in [3.05, 3.63) is 65.9 Å². The van der Waals surface area contributed by atoms with Crippen molar-refractivity contribution in [2.24, 2.45) is 0 Å². The van der Waals surface area contributed by atoms with Crippen molar-refractivity contribution in [2.45, 2.75) is 50.5 Å². The third kappa shape index (κ3) is 5.05. The minimum atomic E-state index is -3.53. The van der Waals surface area contributed by atoms with Gasteiger partial charge in [-0.25, -0.2) is 13.4 Å². The SMILES string of the molecule is CCC(C)(C)c1ccc(S(=O)(=O)N2CCCN(Cc3ccc4cccc(O)c4n3)CC2)cc1. The number of para-hydroxylation sites is 1. The minimum Gasteiger partial charge on any atom is -0.506 e. The monoisotopic (exact) mass is 467 g/mol. The zero-order chi connectivity index (χ0) is 23.6. The molecule has 7 heteroatoms. The molecule has 3 aromatic rings. The van der Waals surface area contributed by atoms with Gasteiger partial charge in [0, 0.05) is 31.6 Å². The molecule has 1 N–H and O–H groups in total. The van der Waals surface area contributed by atoms with Crippen molar-refractivity contribution < 1.29 is 13.5 Å². The van der Waals surface area contributed by atoms with Crippen LogP contribution in [-0.2, 0) is 22.0 Å². The molecule has 0 unspecified atom stereocenters. The molecule has 2 heterocycles. The molecule has 4 rings (SSSR count). The average Bonchev–Trinajstić information content (AvgIpc) is 3.06. The Morgan fingerprint density at radius 3 is 2.45 bits per heavy atom. The Hall–Kier alpha value is -2.48. The molecular weight excluding hydrogens is 434 g/mol. The fourth-order valence-electron chi connectivity index (χ4n) is 4.27. The fraction of sp³-hybridized carbons (Fsp3) is 0.423. The van der Waals surface area contributed by atoms with Crippen LogP contribution in [0.4, 0.5) is 0 Å². The molecule has 1 saturated heterocycles. The van der Waals surface area contributed by atoms with E-state index in [0.717, 1.165) is 36.0 Å². The van der Waals surface area contributed by atoms with E-state index >= 15 is 0 Å². The highest BCUT2D eigenvalue weighted by molar-refractivity contribution is 7.89. The first-order chi connectivity index (χ1) is 15.7. The van der Waals surface area contributed by atoms with Gasteiger partial charge in [-0.2, -0.15) is 4.31 Å². The van der Waals surface area contributed by atoms with Crippen LogP contribution in [0, 0.1) is 0 Å². The quantitative estimate of drug-likeness (QED) is 0.577. The van der Waals surface area contributed by atoms with Crippen molar-refractivity contribution in [3.8, 4) is 5.75 Å². The Balaban J connectivity index is 1.45. The Labute approximate surface area is 196 Å². The number of sulfonamides is 1. The van der Waals surface area contributed by atoms with Gasteiger partial charge in [0.1, 0.15) is 11.3 Å². The number of aromatic nitrogens is 1. The lowest BCUT2D eigenvalue weighted by atomic mass is 9.82. The topological polar surface area (TPSA) is 73.7 Å². The highest BCUT2D eigenvalue weighted by atomic mass is 32.2. The summed E-state index contributed by atoms with van der Waals surface area (Å²) in [4.78, 5) is 7.22. The number of phenols is 1. The maximum absolute atomic E-state index is 13.3. The van der Waals surface area contributed by atoms with Gasteiger partial charge in [-0.05, 0) is 54.6 Å². The summed E-state index contributed by atoms with van der Waals surface area (Å²) in [5, 5.41) is 11.0. The maximum Gasteiger partial charge on any atom is 0.243 e. The number of hydrogen-bond acceptors (Lipinski definition) is 5. The second-order valence-corrected chi connectivity index (χ2v) is 11.4. The number of pyridine rings is 1. The number of nitrogens with zero attached hydrogens (tertiary/aromatic N) is 3. The minimum absolute atomic E-state index is 0.0268. The summed E-state index contributed by atoms with van der Waals surface area (Å²) >= 11 is 0. The van der Waals surface area contributed by atoms with Crippen LogP contribution in [0.2, 0.25) is 0 Å². The lowest BCUT2D eigenvalue weighted by molar-refractivity contribution is 0.275. The van der Waals surface area contributed by atoms with Crippen LogP contribution < -0.4 is 0 Å². The lowest BCUT2D eigenvalue weighted by Gasteiger charge is -2.24. The normalized spacial score (nSPS) is 16.7. The van der Waals surface area contributed by atoms with Gasteiger partial charge in [-0.3, -0.25) is 4.90 Å². The molecule has 1 aliphatic heterocycles. The number of aromatic hydroxyl groups is 1. The lowest BCUT2D eigenvalue weighted by Crippen LogP contribution is -2.35. The van der Waals surface area contributed by atoms with E-state index in [0.29, 0.717) is 36.6 Å². The summed E-state index contributed by atoms with van der Waals surface area (Å²) in [6.45, 7) is 9.51. The Morgan fingerprint density at radius 2 is 1.73 bits per heavy atom. The largest absolute Gasteiger partial charge is 0.506 e. The number of phenolic OH excluding ortho intramolecular Hbond substituents is 1. The Bertz CT molecular complexity index is 1220. The molecule has 1 fully saturated rings. The summed E-state index contributed by atoms with van der Waals surface area (Å²) in [7, 11) is -3.53. The molecule has 0 aliphatic carbocycles. The second kappa shape index (κ2) is 9.41. The number of fused-ring (bicyclic) bond motifs is 1. The number of hydrogen-bond donors (Lipinski definition) is 1. The van der Waals surface area contributed by atoms with Gasteiger partial charge in [-0.15, -0.1) is 0 Å². The number of benzene rings is 2. The first-order valence-corrected chi connectivity index (χ1v) is 13.1. The summed E-state index contributed by atoms with van der Waals surface area (Å²) in [6, 6.07) is 16.7. The molecule has 0 radical (unpaired) electrons. The van der Waals surface area contributed by atoms with Crippen LogP contribution in [0.1, 0.15) is 44.9 Å². The Morgan fingerprint density at radius 1 is 0.970 bits per heavy atom. The van der Waals surface area contributed by atoms with Crippen molar-refractivity contribution in [3.63, 3.8) is 0 Å². The molecule has 0 bridgehead atoms. The van der Waals surface area contributed by atoms with Crippen LogP contribution in [0.3, 0.4) is 0 Å². The maximum atomic E-state index is 13.3. The molecule has 0 spiro atoms. The molecule has 176 valence electrons. The molecule has 6 nitrogen and oxygen atoms in total. The van der Waals surface area contributed by atoms with Crippen molar-refractivity contribution >= 4 is 20.9 Å². The first kappa shape index (κ1) is 23.7. The van der Waals surface area contributed by atoms with Gasteiger partial charge in [0.25, 0.3) is 0 Å². The number of rotatable bonds is 6. The summed E-state index contributed by atoms with van der Waals surface area (Å²) in [6.07, 6.45) is 1.76. The predicted molar refractivity (Wildman–Crippen MR) is 132 cm³/mol. The van der Waals surface area contributed by atoms with Crippen LogP contribution in [-0.4, -0.2) is 53.9 Å². The summed E-state index contributed by atoms with van der Waals surface area (Å²) in [5.41, 5.74) is 2.65. The van der Waals surface area contributed by atoms with E-state index in [1.807, 2.05) is 30.3 Å². The van der Waals surface area contributed by atoms with E-state index in [1.165, 1.54) is 0 Å². The highest BCUT2D eigenvalue weighted by Crippen LogP contribution is 2.28. The fourth-order valence-corrected chi connectivity index (χ4v) is 5.74. The van der Waals surface area contributed by atoms with Crippen LogP contribution in [0.15, 0.2) is 59.5 Å². The molecular formula is C26H33N3O3S. The van der Waals surface area contributed by atoms with Gasteiger partial charge >= 0.3 is 0 Å². The molecule has 1 aliphatic rings. The third-order valence-electron chi connectivity index (χ3n) is 6.85. The molecule has 33 heavy (non-hydrogen) atoms. The second-order valence-electron chi connectivity index (χ2n) is 9.45. The van der Waals surface area contributed by atoms with Crippen LogP contribution >= 0.6 is 0 Å². The van der Waals surface area contributed by atoms with Crippen molar-refractivity contribution in [2.75, 3.05) is 26.2 Å². The molecule has 0 atom stereocenters. The van der Waals surface area contributed by atoms with Crippen LogP contribution in [0.5, 0.6) is 5.75 Å². The summed E-state index contributed by atoms with van der Waals surface area (Å²) in [5.74, 6) is 0.177. The average molecular weight is 468 g/mol. The molecule has 1 aromatic heterocycles. The van der Waals surface area contributed by atoms with E-state index in [2.05, 4.69) is 30.7 Å². The molecule has 0 amide bonds.